The van der Waals surface area contributed by atoms with Crippen LogP contribution in [-0.4, -0.2) is 143 Å². The molecule has 21 heteroatoms. The Bertz CT molecular complexity index is 2280. The monoisotopic (exact) mass is 1010 g/mol. The number of aliphatic hydroxyl groups excluding tert-OH is 2. The van der Waals surface area contributed by atoms with Gasteiger partial charge in [-0.15, -0.1) is 0 Å². The number of esters is 2. The molecule has 5 rings (SSSR count). The van der Waals surface area contributed by atoms with E-state index in [1.807, 2.05) is 0 Å². The number of ether oxygens (including phenoxy) is 3. The second-order valence-electron chi connectivity index (χ2n) is 18.9. The predicted octanol–water partition coefficient (Wildman–Crippen LogP) is 0.511. The first-order chi connectivity index (χ1) is 33.9. The molecule has 7 amide bonds. The molecule has 3 heterocycles. The SMILES string of the molecule is CC[C@H](C)[C@H]1NC(=O)[C@@H](NC(=O)[C@H](C)[C@H](O)C(C)C)[C@@H](C)OC(=O)[C@@H]2COC(=O)CNC(=O)/C=C/C(C)[C@@H](C)Oc3ccc(cc3)[C@H](NC1=O)C(=O)N(C)[C@@H](Cc1ccccc1)C(=O)N[C@H]([C@@H](C)O)C(=O)N2. The van der Waals surface area contributed by atoms with Gasteiger partial charge in [0.05, 0.1) is 18.1 Å². The number of carbonyl (C=O) groups excluding carboxylic acids is 9. The molecule has 0 saturated carbocycles. The second-order valence-corrected chi connectivity index (χ2v) is 18.9. The highest BCUT2D eigenvalue weighted by molar-refractivity contribution is 5.98. The number of nitrogens with one attached hydrogen (secondary N) is 6. The quantitative estimate of drug-likeness (QED) is 0.159. The predicted molar refractivity (Wildman–Crippen MR) is 261 cm³/mol. The van der Waals surface area contributed by atoms with Crippen LogP contribution >= 0.6 is 0 Å². The lowest BCUT2D eigenvalue weighted by Crippen LogP contribution is -2.61. The van der Waals surface area contributed by atoms with Gasteiger partial charge in [-0.25, -0.2) is 4.79 Å². The van der Waals surface area contributed by atoms with E-state index >= 15 is 4.79 Å². The molecule has 3 aliphatic heterocycles. The van der Waals surface area contributed by atoms with E-state index in [0.29, 0.717) is 17.7 Å². The van der Waals surface area contributed by atoms with Crippen molar-refractivity contribution in [2.45, 2.75) is 136 Å². The van der Waals surface area contributed by atoms with Crippen molar-refractivity contribution in [1.82, 2.24) is 36.8 Å². The number of carbonyl (C=O) groups is 9. The van der Waals surface area contributed by atoms with E-state index in [1.54, 1.807) is 90.1 Å². The maximum Gasteiger partial charge on any atom is 0.332 e. The maximum absolute atomic E-state index is 15.1. The van der Waals surface area contributed by atoms with Crippen LogP contribution in [0.4, 0.5) is 0 Å². The van der Waals surface area contributed by atoms with E-state index in [0.717, 1.165) is 4.90 Å². The summed E-state index contributed by atoms with van der Waals surface area (Å²) >= 11 is 0. The van der Waals surface area contributed by atoms with Crippen LogP contribution in [0.5, 0.6) is 5.75 Å². The van der Waals surface area contributed by atoms with Gasteiger partial charge in [0.15, 0.2) is 6.04 Å². The lowest BCUT2D eigenvalue weighted by molar-refractivity contribution is -0.160. The summed E-state index contributed by atoms with van der Waals surface area (Å²) in [7, 11) is 1.33. The fraction of sp³-hybridized carbons (Fsp3) is 0.549. The van der Waals surface area contributed by atoms with Crippen molar-refractivity contribution in [2.75, 3.05) is 20.2 Å². The van der Waals surface area contributed by atoms with Crippen LogP contribution < -0.4 is 36.6 Å². The number of aliphatic hydroxyl groups is 2. The Morgan fingerprint density at radius 2 is 1.40 bits per heavy atom. The van der Waals surface area contributed by atoms with Crippen LogP contribution in [0.1, 0.15) is 85.9 Å². The van der Waals surface area contributed by atoms with Crippen LogP contribution in [0.2, 0.25) is 0 Å². The first-order valence-electron chi connectivity index (χ1n) is 24.2. The molecule has 21 nitrogen and oxygen atoms in total. The third-order valence-electron chi connectivity index (χ3n) is 13.0. The normalized spacial score (nSPS) is 27.9. The van der Waals surface area contributed by atoms with Crippen LogP contribution in [0, 0.1) is 23.7 Å². The molecular formula is C51H71N7O14. The molecule has 1 unspecified atom stereocenters. The minimum Gasteiger partial charge on any atom is -0.490 e. The summed E-state index contributed by atoms with van der Waals surface area (Å²) in [5.41, 5.74) is 0.809. The Kier molecular flexibility index (Phi) is 21.3. The molecule has 0 aliphatic carbocycles. The number of rotatable bonds is 9. The molecule has 3 aliphatic rings. The zero-order valence-electron chi connectivity index (χ0n) is 42.5. The molecule has 1 saturated heterocycles. The lowest BCUT2D eigenvalue weighted by atomic mass is 9.93. The molecule has 4 bridgehead atoms. The fourth-order valence-electron chi connectivity index (χ4n) is 7.80. The van der Waals surface area contributed by atoms with Crippen LogP contribution in [-0.2, 0) is 59.0 Å². The standard InChI is InChI=1S/C51H71N7O14/c1-11-27(4)40-47(65)57-43-34-18-20-35(21-19-34)71-31(8)28(5)17-22-38(60)52-24-39(61)70-25-36(51(69)72-32(9)42(49(67)54-40)56-45(63)29(6)44(62)26(2)3)53-48(66)41(30(7)59)55-46(64)37(58(10)50(43)68)23-33-15-13-12-14-16-33/h12-22,26-32,36-37,40-44,59,62H,11,23-25H2,1-10H3,(H,52,60)(H,53,66)(H,54,67)(H,55,64)(H,56,63)(H,57,65)/b22-17+/t27-,28?,29+,30+,31+,32+,36-,37-,40+,41+,42-,43-,44+/m0/s1. The van der Waals surface area contributed by atoms with E-state index in [2.05, 4.69) is 31.9 Å². The first kappa shape index (κ1) is 57.7. The van der Waals surface area contributed by atoms with Gasteiger partial charge in [0, 0.05) is 19.4 Å². The Hall–Kier alpha value is -6.87. The van der Waals surface area contributed by atoms with E-state index in [9.17, 15) is 48.6 Å². The summed E-state index contributed by atoms with van der Waals surface area (Å²) in [5, 5.41) is 37.1. The molecule has 13 atom stereocenters. The first-order valence-corrected chi connectivity index (χ1v) is 24.2. The van der Waals surface area contributed by atoms with Crippen LogP contribution in [0.3, 0.4) is 0 Å². The molecule has 394 valence electrons. The van der Waals surface area contributed by atoms with E-state index in [1.165, 1.54) is 46.0 Å². The second kappa shape index (κ2) is 26.5. The largest absolute Gasteiger partial charge is 0.490 e. The number of cyclic esters (lactones) is 1. The highest BCUT2D eigenvalue weighted by Gasteiger charge is 2.42. The van der Waals surface area contributed by atoms with Crippen molar-refractivity contribution in [3.63, 3.8) is 0 Å². The van der Waals surface area contributed by atoms with Crippen LogP contribution in [0.15, 0.2) is 66.7 Å². The van der Waals surface area contributed by atoms with Crippen molar-refractivity contribution in [1.29, 1.82) is 0 Å². The van der Waals surface area contributed by atoms with Gasteiger partial charge >= 0.3 is 11.9 Å². The van der Waals surface area contributed by atoms with Gasteiger partial charge in [0.1, 0.15) is 61.3 Å². The summed E-state index contributed by atoms with van der Waals surface area (Å²) in [6.45, 7) is 12.5. The summed E-state index contributed by atoms with van der Waals surface area (Å²) in [5.74, 6) is -10.8. The minimum absolute atomic E-state index is 0.133. The molecule has 0 spiro atoms. The topological polar surface area (TPSA) is 297 Å². The van der Waals surface area contributed by atoms with E-state index in [4.69, 9.17) is 14.2 Å². The fourth-order valence-corrected chi connectivity index (χ4v) is 7.80. The molecule has 2 aromatic carbocycles. The number of benzene rings is 2. The highest BCUT2D eigenvalue weighted by Crippen LogP contribution is 2.25. The average Bonchev–Trinajstić information content (AvgIpc) is 3.35. The number of nitrogens with zero attached hydrogens (tertiary/aromatic N) is 1. The Morgan fingerprint density at radius 3 is 2.01 bits per heavy atom. The average molecular weight is 1010 g/mol. The summed E-state index contributed by atoms with van der Waals surface area (Å²) in [4.78, 5) is 128. The third-order valence-corrected chi connectivity index (χ3v) is 13.0. The van der Waals surface area contributed by atoms with Gasteiger partial charge in [-0.2, -0.15) is 0 Å². The molecule has 2 aromatic rings. The number of likely N-dealkylation sites (N-methyl/N-ethyl adjacent to an activating group) is 1. The summed E-state index contributed by atoms with van der Waals surface area (Å²) in [6.07, 6.45) is -2.05. The van der Waals surface area contributed by atoms with Crippen molar-refractivity contribution in [2.24, 2.45) is 23.7 Å². The maximum atomic E-state index is 15.1. The highest BCUT2D eigenvalue weighted by atomic mass is 16.6. The van der Waals surface area contributed by atoms with Gasteiger partial charge in [-0.1, -0.05) is 96.5 Å². The summed E-state index contributed by atoms with van der Waals surface area (Å²) < 4.78 is 17.2. The Labute approximate surface area is 419 Å². The van der Waals surface area contributed by atoms with Gasteiger partial charge in [-0.3, -0.25) is 38.4 Å². The number of amides is 7. The third kappa shape index (κ3) is 15.8. The molecule has 8 N–H and O–H groups in total. The van der Waals surface area contributed by atoms with Crippen molar-refractivity contribution in [3.05, 3.63) is 77.9 Å². The number of hydrogen-bond acceptors (Lipinski definition) is 14. The smallest absolute Gasteiger partial charge is 0.332 e. The van der Waals surface area contributed by atoms with Gasteiger partial charge in [-0.05, 0) is 61.9 Å². The van der Waals surface area contributed by atoms with Crippen LogP contribution in [0.25, 0.3) is 0 Å². The van der Waals surface area contributed by atoms with E-state index < -0.39 is 145 Å². The van der Waals surface area contributed by atoms with Gasteiger partial charge < -0.3 is 61.2 Å². The zero-order chi connectivity index (χ0) is 53.6. The molecule has 0 radical (unpaired) electrons. The Balaban J connectivity index is 2.00. The van der Waals surface area contributed by atoms with Gasteiger partial charge in [0.25, 0.3) is 0 Å². The molecule has 0 aromatic heterocycles. The van der Waals surface area contributed by atoms with E-state index in [-0.39, 0.29) is 17.9 Å². The van der Waals surface area contributed by atoms with Crippen molar-refractivity contribution >= 4 is 53.3 Å². The molecule has 72 heavy (non-hydrogen) atoms. The number of fused-ring (bicyclic) bond motifs is 11. The van der Waals surface area contributed by atoms with Crippen molar-refractivity contribution in [3.8, 4) is 5.75 Å². The molecular weight excluding hydrogens is 935 g/mol. The Morgan fingerprint density at radius 1 is 0.778 bits per heavy atom. The molecule has 1 fully saturated rings. The lowest BCUT2D eigenvalue weighted by Gasteiger charge is -2.34. The zero-order valence-corrected chi connectivity index (χ0v) is 42.5. The summed E-state index contributed by atoms with van der Waals surface area (Å²) in [6, 6.07) is 4.87. The van der Waals surface area contributed by atoms with Crippen molar-refractivity contribution < 1.29 is 67.6 Å². The van der Waals surface area contributed by atoms with Gasteiger partial charge in [0.2, 0.25) is 41.4 Å². The minimum atomic E-state index is -1.92. The number of hydrogen-bond donors (Lipinski definition) is 8.